The maximum atomic E-state index is 13.0. The lowest BCUT2D eigenvalue weighted by Gasteiger charge is -2.12. The first-order chi connectivity index (χ1) is 22.2. The first kappa shape index (κ1) is 28.0. The van der Waals surface area contributed by atoms with Crippen molar-refractivity contribution >= 4 is 68.4 Å². The summed E-state index contributed by atoms with van der Waals surface area (Å²) in [7, 11) is 0. The Morgan fingerprint density at radius 3 is 1.65 bits per heavy atom. The Morgan fingerprint density at radius 1 is 0.609 bits per heavy atom. The summed E-state index contributed by atoms with van der Waals surface area (Å²) in [6.45, 7) is 6.34. The van der Waals surface area contributed by atoms with E-state index >= 15 is 0 Å². The zero-order chi connectivity index (χ0) is 31.9. The van der Waals surface area contributed by atoms with E-state index in [1.54, 1.807) is 72.0 Å². The fraction of sp³-hybridized carbons (Fsp3) is 0.100. The van der Waals surface area contributed by atoms with Crippen molar-refractivity contribution in [3.63, 3.8) is 0 Å². The van der Waals surface area contributed by atoms with E-state index in [1.165, 1.54) is 0 Å². The number of Topliss-reactive ketones (excluding diaryl/α,β-unsaturated/α-hetero) is 4. The van der Waals surface area contributed by atoms with Crippen LogP contribution in [0.25, 0.3) is 44.4 Å². The highest BCUT2D eigenvalue weighted by molar-refractivity contribution is 7.16. The van der Waals surface area contributed by atoms with Gasteiger partial charge in [-0.3, -0.25) is 19.2 Å². The Kier molecular flexibility index (Phi) is 6.27. The van der Waals surface area contributed by atoms with E-state index in [0.29, 0.717) is 22.3 Å². The summed E-state index contributed by atoms with van der Waals surface area (Å²) >= 11 is 1.57. The van der Waals surface area contributed by atoms with Crippen LogP contribution in [0.1, 0.15) is 77.3 Å². The number of rotatable bonds is 4. The van der Waals surface area contributed by atoms with Crippen LogP contribution in [-0.2, 0) is 0 Å². The highest BCUT2D eigenvalue weighted by Gasteiger charge is 2.33. The van der Waals surface area contributed by atoms with Crippen molar-refractivity contribution in [1.82, 2.24) is 4.57 Å². The molecule has 4 aromatic carbocycles. The van der Waals surface area contributed by atoms with E-state index in [2.05, 4.69) is 48.7 Å². The van der Waals surface area contributed by atoms with Crippen molar-refractivity contribution in [2.75, 3.05) is 0 Å². The van der Waals surface area contributed by atoms with Crippen LogP contribution in [0, 0.1) is 6.92 Å². The number of carbonyl (C=O) groups excluding carboxylic acids is 4. The van der Waals surface area contributed by atoms with Gasteiger partial charge in [-0.25, -0.2) is 0 Å². The molecular weight excluding hydrogens is 591 g/mol. The van der Waals surface area contributed by atoms with E-state index in [1.807, 2.05) is 19.1 Å². The summed E-state index contributed by atoms with van der Waals surface area (Å²) in [6.07, 6.45) is 3.44. The molecule has 0 fully saturated rings. The average molecular weight is 618 g/mol. The second-order valence-electron chi connectivity index (χ2n) is 12.2. The van der Waals surface area contributed by atoms with Crippen LogP contribution in [0.3, 0.4) is 0 Å². The summed E-state index contributed by atoms with van der Waals surface area (Å²) in [5.41, 5.74) is 7.27. The normalized spacial score (nSPS) is 14.3. The minimum Gasteiger partial charge on any atom is -0.338 e. The molecule has 222 valence electrons. The number of nitrogens with zero attached hydrogens (tertiary/aromatic N) is 1. The van der Waals surface area contributed by atoms with Crippen molar-refractivity contribution in [1.29, 1.82) is 0 Å². The second-order valence-corrected chi connectivity index (χ2v) is 13.2. The number of benzene rings is 4. The predicted molar refractivity (Wildman–Crippen MR) is 184 cm³/mol. The Morgan fingerprint density at radius 2 is 1.11 bits per heavy atom. The van der Waals surface area contributed by atoms with Crippen LogP contribution in [-0.4, -0.2) is 27.7 Å². The number of ketones is 4. The van der Waals surface area contributed by atoms with Crippen molar-refractivity contribution in [2.24, 2.45) is 0 Å². The number of hydrogen-bond donors (Lipinski definition) is 0. The second kappa shape index (κ2) is 10.3. The monoisotopic (exact) mass is 617 g/mol. The molecule has 0 atom stereocenters. The maximum absolute atomic E-state index is 13.0. The third-order valence-electron chi connectivity index (χ3n) is 8.95. The van der Waals surface area contributed by atoms with Gasteiger partial charge in [-0.2, -0.15) is 0 Å². The summed E-state index contributed by atoms with van der Waals surface area (Å²) in [5, 5.41) is 2.21. The molecule has 0 bridgehead atoms. The molecular formula is C40H27NO4S. The van der Waals surface area contributed by atoms with E-state index < -0.39 is 0 Å². The van der Waals surface area contributed by atoms with Gasteiger partial charge in [0.15, 0.2) is 23.1 Å². The maximum Gasteiger partial charge on any atom is 0.197 e. The van der Waals surface area contributed by atoms with E-state index in [-0.39, 0.29) is 40.3 Å². The molecule has 0 spiro atoms. The van der Waals surface area contributed by atoms with Crippen LogP contribution in [0.5, 0.6) is 0 Å². The Labute approximate surface area is 269 Å². The van der Waals surface area contributed by atoms with Crippen molar-refractivity contribution < 1.29 is 19.2 Å². The molecule has 0 aliphatic heterocycles. The SMILES string of the molecule is Cc1cc(C=C2C(=O)c3ccccc3C2=O)sc1-c1ccc2c3ccc(C=C4C(=O)c5ccccc5C4=O)cc3n(C(C)C)c2c1. The molecule has 0 amide bonds. The molecule has 6 heteroatoms. The van der Waals surface area contributed by atoms with Gasteiger partial charge in [0.1, 0.15) is 0 Å². The van der Waals surface area contributed by atoms with Gasteiger partial charge in [0, 0.05) is 59.9 Å². The van der Waals surface area contributed by atoms with Gasteiger partial charge in [0.2, 0.25) is 0 Å². The zero-order valence-electron chi connectivity index (χ0n) is 25.4. The molecule has 2 heterocycles. The molecule has 0 saturated carbocycles. The summed E-state index contributed by atoms with van der Waals surface area (Å²) in [6, 6.07) is 28.6. The van der Waals surface area contributed by atoms with Gasteiger partial charge < -0.3 is 4.57 Å². The number of thiophene rings is 1. The number of fused-ring (bicyclic) bond motifs is 5. The largest absolute Gasteiger partial charge is 0.338 e. The minimum absolute atomic E-state index is 0.142. The Hall–Kier alpha value is -5.46. The van der Waals surface area contributed by atoms with Crippen LogP contribution in [0.4, 0.5) is 0 Å². The smallest absolute Gasteiger partial charge is 0.197 e. The highest BCUT2D eigenvalue weighted by atomic mass is 32.1. The van der Waals surface area contributed by atoms with Crippen LogP contribution >= 0.6 is 11.3 Å². The molecule has 2 aliphatic rings. The van der Waals surface area contributed by atoms with Gasteiger partial charge in [0.25, 0.3) is 0 Å². The molecule has 8 rings (SSSR count). The lowest BCUT2D eigenvalue weighted by Crippen LogP contribution is -2.01. The molecule has 0 saturated heterocycles. The minimum atomic E-state index is -0.234. The lowest BCUT2D eigenvalue weighted by atomic mass is 10.0. The molecule has 5 nitrogen and oxygen atoms in total. The van der Waals surface area contributed by atoms with Gasteiger partial charge in [0.05, 0.1) is 11.1 Å². The van der Waals surface area contributed by atoms with Gasteiger partial charge in [-0.1, -0.05) is 72.8 Å². The van der Waals surface area contributed by atoms with Crippen molar-refractivity contribution in [3.8, 4) is 10.4 Å². The fourth-order valence-corrected chi connectivity index (χ4v) is 7.94. The third kappa shape index (κ3) is 4.14. The quantitative estimate of drug-likeness (QED) is 0.146. The number of hydrogen-bond acceptors (Lipinski definition) is 5. The van der Waals surface area contributed by atoms with Crippen LogP contribution < -0.4 is 0 Å². The molecule has 2 aromatic heterocycles. The van der Waals surface area contributed by atoms with Gasteiger partial charge in [-0.15, -0.1) is 11.3 Å². The molecule has 46 heavy (non-hydrogen) atoms. The average Bonchev–Trinajstić information content (AvgIpc) is 3.73. The fourth-order valence-electron chi connectivity index (χ4n) is 6.83. The molecule has 6 aromatic rings. The summed E-state index contributed by atoms with van der Waals surface area (Å²) < 4.78 is 2.29. The van der Waals surface area contributed by atoms with Crippen LogP contribution in [0.2, 0.25) is 0 Å². The Balaban J connectivity index is 1.20. The standard InChI is InChI=1S/C40H27NO4S/c1-21(2)41-34-18-23(17-32-36(42)28-8-4-5-9-29(28)37(32)43)12-14-26(34)27-15-13-24(19-35(27)41)40-22(3)16-25(46-40)20-33-38(44)30-10-6-7-11-31(30)39(33)45/h4-21H,1-3H3. The molecule has 0 N–H and O–H groups in total. The zero-order valence-corrected chi connectivity index (χ0v) is 26.2. The number of carbonyl (C=O) groups is 4. The molecule has 0 unspecified atom stereocenters. The summed E-state index contributed by atoms with van der Waals surface area (Å²) in [4.78, 5) is 54.0. The highest BCUT2D eigenvalue weighted by Crippen LogP contribution is 2.40. The van der Waals surface area contributed by atoms with E-state index in [4.69, 9.17) is 0 Å². The number of aryl methyl sites for hydroxylation is 1. The van der Waals surface area contributed by atoms with Crippen molar-refractivity contribution in [2.45, 2.75) is 26.8 Å². The first-order valence-electron chi connectivity index (χ1n) is 15.2. The predicted octanol–water partition coefficient (Wildman–Crippen LogP) is 9.34. The van der Waals surface area contributed by atoms with E-state index in [9.17, 15) is 19.2 Å². The van der Waals surface area contributed by atoms with Gasteiger partial charge in [-0.05, 0) is 67.8 Å². The third-order valence-corrected chi connectivity index (χ3v) is 10.2. The Bertz CT molecular complexity index is 2360. The van der Waals surface area contributed by atoms with Gasteiger partial charge >= 0.3 is 0 Å². The van der Waals surface area contributed by atoms with Crippen molar-refractivity contribution in [3.05, 3.63) is 140 Å². The van der Waals surface area contributed by atoms with Crippen LogP contribution in [0.15, 0.2) is 102 Å². The molecule has 0 radical (unpaired) electrons. The first-order valence-corrected chi connectivity index (χ1v) is 16.0. The number of allylic oxidation sites excluding steroid dienone is 2. The summed E-state index contributed by atoms with van der Waals surface area (Å²) in [5.74, 6) is -0.917. The topological polar surface area (TPSA) is 73.2 Å². The van der Waals surface area contributed by atoms with E-state index in [0.717, 1.165) is 48.3 Å². The number of aromatic nitrogens is 1. The molecule has 2 aliphatic carbocycles. The lowest BCUT2D eigenvalue weighted by molar-refractivity contribution is 0.0975.